The van der Waals surface area contributed by atoms with Crippen LogP contribution in [0.25, 0.3) is 0 Å². The summed E-state index contributed by atoms with van der Waals surface area (Å²) >= 11 is 0. The number of hydrogen-bond acceptors (Lipinski definition) is 6. The zero-order valence-electron chi connectivity index (χ0n) is 11.8. The summed E-state index contributed by atoms with van der Waals surface area (Å²) in [5.74, 6) is -0.0598. The minimum absolute atomic E-state index is 0.0597. The fourth-order valence-electron chi connectivity index (χ4n) is 1.93. The third-order valence-electron chi connectivity index (χ3n) is 3.10. The van der Waals surface area contributed by atoms with Gasteiger partial charge in [-0.05, 0) is 0 Å². The molecule has 2 rings (SSSR count). The van der Waals surface area contributed by atoms with E-state index in [1.165, 1.54) is 12.0 Å². The first kappa shape index (κ1) is 14.4. The molecule has 0 aliphatic carbocycles. The van der Waals surface area contributed by atoms with E-state index in [9.17, 15) is 9.59 Å². The van der Waals surface area contributed by atoms with E-state index < -0.39 is 17.9 Å². The predicted molar refractivity (Wildman–Crippen MR) is 68.1 cm³/mol. The number of nitrogens with one attached hydrogen (secondary N) is 1. The average molecular weight is 282 g/mol. The lowest BCUT2D eigenvalue weighted by Crippen LogP contribution is -2.53. The number of carbonyl (C=O) groups excluding carboxylic acids is 2. The molecule has 1 aromatic heterocycles. The van der Waals surface area contributed by atoms with Crippen LogP contribution in [0.5, 0.6) is 0 Å². The molecule has 1 aliphatic rings. The van der Waals surface area contributed by atoms with E-state index in [2.05, 4.69) is 19.9 Å². The minimum Gasteiger partial charge on any atom is -0.467 e. The van der Waals surface area contributed by atoms with Crippen LogP contribution in [0.1, 0.15) is 36.2 Å². The number of ether oxygens (including phenoxy) is 2. The molecule has 1 atom stereocenters. The number of hydrogen-bond donors (Lipinski definition) is 1. The number of amides is 1. The van der Waals surface area contributed by atoms with Gasteiger partial charge in [-0.25, -0.2) is 9.78 Å². The topological polar surface area (TPSA) is 97.4 Å². The lowest BCUT2D eigenvalue weighted by Gasteiger charge is -2.32. The third-order valence-corrected chi connectivity index (χ3v) is 3.10. The molecule has 0 bridgehead atoms. The Morgan fingerprint density at radius 2 is 2.25 bits per heavy atom. The maximum absolute atomic E-state index is 12.4. The van der Waals surface area contributed by atoms with Crippen LogP contribution in [0.3, 0.4) is 0 Å². The highest BCUT2D eigenvalue weighted by Crippen LogP contribution is 2.13. The second-order valence-corrected chi connectivity index (χ2v) is 4.81. The Balaban J connectivity index is 2.18. The lowest BCUT2D eigenvalue weighted by atomic mass is 10.2. The van der Waals surface area contributed by atoms with Crippen LogP contribution in [0, 0.1) is 0 Å². The highest BCUT2D eigenvalue weighted by Gasteiger charge is 2.35. The van der Waals surface area contributed by atoms with Gasteiger partial charge < -0.3 is 14.4 Å². The molecule has 1 saturated heterocycles. The summed E-state index contributed by atoms with van der Waals surface area (Å²) in [5, 5.41) is 6.64. The smallest absolute Gasteiger partial charge is 0.331 e. The number of aromatic amines is 1. The van der Waals surface area contributed by atoms with Gasteiger partial charge in [0, 0.05) is 12.5 Å². The van der Waals surface area contributed by atoms with Crippen LogP contribution >= 0.6 is 0 Å². The molecular formula is C12H18N4O4. The van der Waals surface area contributed by atoms with Crippen molar-refractivity contribution < 1.29 is 19.1 Å². The molecule has 1 aliphatic heterocycles. The molecule has 1 N–H and O–H groups in total. The molecule has 1 aromatic rings. The van der Waals surface area contributed by atoms with Gasteiger partial charge in [-0.2, -0.15) is 0 Å². The molecule has 110 valence electrons. The van der Waals surface area contributed by atoms with E-state index in [0.717, 1.165) is 0 Å². The summed E-state index contributed by atoms with van der Waals surface area (Å²) in [6.45, 7) is 4.70. The number of esters is 1. The first-order valence-corrected chi connectivity index (χ1v) is 6.43. The summed E-state index contributed by atoms with van der Waals surface area (Å²) < 4.78 is 9.91. The summed E-state index contributed by atoms with van der Waals surface area (Å²) in [6.07, 6.45) is 0. The summed E-state index contributed by atoms with van der Waals surface area (Å²) in [6, 6.07) is -0.748. The normalized spacial score (nSPS) is 19.2. The van der Waals surface area contributed by atoms with Gasteiger partial charge in [0.2, 0.25) is 5.82 Å². The van der Waals surface area contributed by atoms with Gasteiger partial charge in [-0.1, -0.05) is 13.8 Å². The van der Waals surface area contributed by atoms with Crippen LogP contribution in [0.4, 0.5) is 0 Å². The maximum atomic E-state index is 12.4. The fraction of sp³-hybridized carbons (Fsp3) is 0.667. The zero-order chi connectivity index (χ0) is 14.7. The van der Waals surface area contributed by atoms with Crippen LogP contribution in [-0.4, -0.2) is 64.9 Å². The third kappa shape index (κ3) is 2.79. The number of morpholine rings is 1. The van der Waals surface area contributed by atoms with Crippen LogP contribution in [-0.2, 0) is 14.3 Å². The number of carbonyl (C=O) groups is 2. The van der Waals surface area contributed by atoms with Crippen molar-refractivity contribution >= 4 is 11.9 Å². The molecule has 8 nitrogen and oxygen atoms in total. The second-order valence-electron chi connectivity index (χ2n) is 4.81. The largest absolute Gasteiger partial charge is 0.467 e. The lowest BCUT2D eigenvalue weighted by molar-refractivity contribution is -0.151. The van der Waals surface area contributed by atoms with Gasteiger partial charge in [0.25, 0.3) is 5.91 Å². The van der Waals surface area contributed by atoms with Crippen LogP contribution < -0.4 is 0 Å². The molecule has 8 heteroatoms. The van der Waals surface area contributed by atoms with E-state index in [1.54, 1.807) is 0 Å². The zero-order valence-corrected chi connectivity index (χ0v) is 11.8. The molecule has 1 fully saturated rings. The van der Waals surface area contributed by atoms with E-state index >= 15 is 0 Å². The fourth-order valence-corrected chi connectivity index (χ4v) is 1.93. The number of nitrogens with zero attached hydrogens (tertiary/aromatic N) is 3. The molecule has 1 amide bonds. The Hall–Kier alpha value is -1.96. The van der Waals surface area contributed by atoms with Crippen molar-refractivity contribution in [3.63, 3.8) is 0 Å². The van der Waals surface area contributed by atoms with E-state index in [0.29, 0.717) is 19.0 Å². The Kier molecular flexibility index (Phi) is 4.33. The molecule has 0 aromatic carbocycles. The van der Waals surface area contributed by atoms with E-state index in [-0.39, 0.29) is 18.3 Å². The van der Waals surface area contributed by atoms with Crippen molar-refractivity contribution in [2.75, 3.05) is 26.9 Å². The number of H-pyrrole nitrogens is 1. The van der Waals surface area contributed by atoms with Crippen molar-refractivity contribution in [3.8, 4) is 0 Å². The number of rotatable bonds is 3. The summed E-state index contributed by atoms with van der Waals surface area (Å²) in [7, 11) is 1.28. The van der Waals surface area contributed by atoms with Gasteiger partial charge >= 0.3 is 5.97 Å². The van der Waals surface area contributed by atoms with E-state index in [1.807, 2.05) is 13.8 Å². The standard InChI is InChI=1S/C12H18N4O4/c1-7(2)9-13-10(15-14-9)11(17)16-4-5-20-6-8(16)12(18)19-3/h7-8H,4-6H2,1-3H3,(H,13,14,15). The van der Waals surface area contributed by atoms with Crippen molar-refractivity contribution in [3.05, 3.63) is 11.6 Å². The first-order valence-electron chi connectivity index (χ1n) is 6.43. The van der Waals surface area contributed by atoms with Crippen LogP contribution in [0.15, 0.2) is 0 Å². The average Bonchev–Trinajstić information content (AvgIpc) is 2.95. The maximum Gasteiger partial charge on any atom is 0.331 e. The quantitative estimate of drug-likeness (QED) is 0.780. The Bertz CT molecular complexity index is 499. The molecule has 1 unspecified atom stereocenters. The molecule has 0 radical (unpaired) electrons. The molecule has 2 heterocycles. The van der Waals surface area contributed by atoms with E-state index in [4.69, 9.17) is 4.74 Å². The van der Waals surface area contributed by atoms with Gasteiger partial charge in [0.1, 0.15) is 5.82 Å². The van der Waals surface area contributed by atoms with Gasteiger partial charge in [-0.3, -0.25) is 9.89 Å². The van der Waals surface area contributed by atoms with Gasteiger partial charge in [-0.15, -0.1) is 5.10 Å². The Morgan fingerprint density at radius 3 is 2.85 bits per heavy atom. The predicted octanol–water partition coefficient (Wildman–Crippen LogP) is -0.0579. The summed E-state index contributed by atoms with van der Waals surface area (Å²) in [4.78, 5) is 29.6. The second kappa shape index (κ2) is 6.00. The van der Waals surface area contributed by atoms with Crippen LogP contribution in [0.2, 0.25) is 0 Å². The Labute approximate surface area is 116 Å². The molecule has 20 heavy (non-hydrogen) atoms. The molecule has 0 saturated carbocycles. The van der Waals surface area contributed by atoms with Crippen molar-refractivity contribution in [1.29, 1.82) is 0 Å². The SMILES string of the molecule is COC(=O)C1COCCN1C(=O)c1n[nH]c(C(C)C)n1. The minimum atomic E-state index is -0.748. The van der Waals surface area contributed by atoms with Crippen molar-refractivity contribution in [1.82, 2.24) is 20.1 Å². The van der Waals surface area contributed by atoms with Gasteiger partial charge in [0.15, 0.2) is 6.04 Å². The number of aromatic nitrogens is 3. The Morgan fingerprint density at radius 1 is 1.50 bits per heavy atom. The van der Waals surface area contributed by atoms with Crippen molar-refractivity contribution in [2.24, 2.45) is 0 Å². The monoisotopic (exact) mass is 282 g/mol. The van der Waals surface area contributed by atoms with Crippen molar-refractivity contribution in [2.45, 2.75) is 25.8 Å². The molecule has 0 spiro atoms. The number of methoxy groups -OCH3 is 1. The summed E-state index contributed by atoms with van der Waals surface area (Å²) in [5.41, 5.74) is 0. The van der Waals surface area contributed by atoms with Gasteiger partial charge in [0.05, 0.1) is 20.3 Å². The highest BCUT2D eigenvalue weighted by molar-refractivity contribution is 5.94. The highest BCUT2D eigenvalue weighted by atomic mass is 16.5. The first-order chi connectivity index (χ1) is 9.54. The molecular weight excluding hydrogens is 264 g/mol.